The van der Waals surface area contributed by atoms with Crippen LogP contribution in [-0.4, -0.2) is 31.5 Å². The average Bonchev–Trinajstić information content (AvgIpc) is 2.63. The number of rotatable bonds is 2. The molecule has 0 fully saturated rings. The number of fused-ring (bicyclic) bond motifs is 1. The first-order chi connectivity index (χ1) is 7.72. The van der Waals surface area contributed by atoms with Crippen molar-refractivity contribution in [2.24, 2.45) is 9.98 Å². The molecule has 2 heterocycles. The van der Waals surface area contributed by atoms with Crippen molar-refractivity contribution in [1.82, 2.24) is 4.90 Å². The lowest BCUT2D eigenvalue weighted by Gasteiger charge is -2.00. The Morgan fingerprint density at radius 1 is 1.62 bits per heavy atom. The van der Waals surface area contributed by atoms with E-state index >= 15 is 0 Å². The second kappa shape index (κ2) is 4.19. The highest BCUT2D eigenvalue weighted by atomic mass is 16.4. The molecule has 2 rings (SSSR count). The van der Waals surface area contributed by atoms with Gasteiger partial charge in [0.15, 0.2) is 0 Å². The highest BCUT2D eigenvalue weighted by molar-refractivity contribution is 5.70. The van der Waals surface area contributed by atoms with Gasteiger partial charge in [-0.3, -0.25) is 4.99 Å². The van der Waals surface area contributed by atoms with Gasteiger partial charge in [0, 0.05) is 32.3 Å². The highest BCUT2D eigenvalue weighted by Gasteiger charge is 2.20. The zero-order valence-electron chi connectivity index (χ0n) is 9.27. The molecule has 0 saturated carbocycles. The largest absolute Gasteiger partial charge is 0.440 e. The van der Waals surface area contributed by atoms with Gasteiger partial charge in [0.2, 0.25) is 5.88 Å². The quantitative estimate of drug-likeness (QED) is 0.555. The lowest BCUT2D eigenvalue weighted by Crippen LogP contribution is -2.06. The summed E-state index contributed by atoms with van der Waals surface area (Å²) >= 11 is 0. The molecule has 0 saturated heterocycles. The minimum atomic E-state index is 0.381. The van der Waals surface area contributed by atoms with Crippen LogP contribution < -0.4 is 0 Å². The molecule has 0 aromatic carbocycles. The minimum Gasteiger partial charge on any atom is -0.440 e. The summed E-state index contributed by atoms with van der Waals surface area (Å²) in [5, 5.41) is 9.09. The van der Waals surface area contributed by atoms with E-state index < -0.39 is 0 Å². The Balaban J connectivity index is 2.40. The first-order valence-electron chi connectivity index (χ1n) is 4.96. The monoisotopic (exact) mass is 216 g/mol. The van der Waals surface area contributed by atoms with E-state index in [1.807, 2.05) is 14.1 Å². The molecule has 0 spiro atoms. The maximum atomic E-state index is 9.09. The van der Waals surface area contributed by atoms with Crippen molar-refractivity contribution in [3.63, 3.8) is 0 Å². The van der Waals surface area contributed by atoms with Crippen LogP contribution in [-0.2, 0) is 13.0 Å². The highest BCUT2D eigenvalue weighted by Crippen LogP contribution is 2.31. The fraction of sp³-hybridized carbons (Fsp3) is 0.364. The molecule has 1 aromatic rings. The van der Waals surface area contributed by atoms with Crippen molar-refractivity contribution in [1.29, 1.82) is 5.26 Å². The summed E-state index contributed by atoms with van der Waals surface area (Å²) in [5.74, 6) is 1.14. The van der Waals surface area contributed by atoms with Crippen molar-refractivity contribution in [3.05, 3.63) is 16.9 Å². The van der Waals surface area contributed by atoms with Gasteiger partial charge in [0.1, 0.15) is 17.4 Å². The summed E-state index contributed by atoms with van der Waals surface area (Å²) in [5.41, 5.74) is 1.45. The molecule has 0 atom stereocenters. The van der Waals surface area contributed by atoms with Crippen LogP contribution in [0, 0.1) is 11.3 Å². The summed E-state index contributed by atoms with van der Waals surface area (Å²) in [7, 11) is 3.73. The van der Waals surface area contributed by atoms with Crippen LogP contribution in [0.15, 0.2) is 14.4 Å². The number of hydrogen-bond acceptors (Lipinski definition) is 4. The molecule has 0 aliphatic carbocycles. The van der Waals surface area contributed by atoms with Crippen molar-refractivity contribution in [2.45, 2.75) is 13.0 Å². The molecule has 82 valence electrons. The van der Waals surface area contributed by atoms with Gasteiger partial charge in [0.25, 0.3) is 0 Å². The molecule has 0 amide bonds. The number of nitrogens with zero attached hydrogens (tertiary/aromatic N) is 4. The fourth-order valence-electron chi connectivity index (χ4n) is 1.52. The fourth-order valence-corrected chi connectivity index (χ4v) is 1.52. The molecule has 5 nitrogen and oxygen atoms in total. The maximum absolute atomic E-state index is 9.09. The van der Waals surface area contributed by atoms with Crippen LogP contribution in [0.1, 0.15) is 16.9 Å². The van der Waals surface area contributed by atoms with Crippen molar-refractivity contribution < 1.29 is 4.42 Å². The molecule has 1 aliphatic rings. The Morgan fingerprint density at radius 2 is 2.44 bits per heavy atom. The maximum Gasteiger partial charge on any atom is 0.238 e. The normalized spacial score (nSPS) is 13.8. The molecule has 5 heteroatoms. The van der Waals surface area contributed by atoms with Gasteiger partial charge in [-0.1, -0.05) is 0 Å². The van der Waals surface area contributed by atoms with Gasteiger partial charge in [-0.05, 0) is 0 Å². The summed E-state index contributed by atoms with van der Waals surface area (Å²) in [4.78, 5) is 10.0. The Hall–Kier alpha value is -2.09. The summed E-state index contributed by atoms with van der Waals surface area (Å²) < 4.78 is 5.52. The first kappa shape index (κ1) is 10.4. The van der Waals surface area contributed by atoms with Gasteiger partial charge >= 0.3 is 0 Å². The summed E-state index contributed by atoms with van der Waals surface area (Å²) in [6.45, 7) is 0.501. The van der Waals surface area contributed by atoms with Gasteiger partial charge in [-0.2, -0.15) is 5.26 Å². The molecule has 1 aromatic heterocycles. The van der Waals surface area contributed by atoms with E-state index in [2.05, 4.69) is 16.1 Å². The van der Waals surface area contributed by atoms with Gasteiger partial charge in [-0.15, -0.1) is 0 Å². The Kier molecular flexibility index (Phi) is 2.73. The van der Waals surface area contributed by atoms with E-state index in [1.165, 1.54) is 0 Å². The zero-order valence-corrected chi connectivity index (χ0v) is 9.27. The topological polar surface area (TPSA) is 64.9 Å². The third-order valence-electron chi connectivity index (χ3n) is 2.25. The molecule has 16 heavy (non-hydrogen) atoms. The van der Waals surface area contributed by atoms with Gasteiger partial charge in [-0.25, -0.2) is 4.99 Å². The zero-order chi connectivity index (χ0) is 11.5. The van der Waals surface area contributed by atoms with E-state index in [0.717, 1.165) is 11.3 Å². The van der Waals surface area contributed by atoms with E-state index in [0.29, 0.717) is 24.4 Å². The number of nitriles is 1. The van der Waals surface area contributed by atoms with E-state index in [4.69, 9.17) is 9.68 Å². The third kappa shape index (κ3) is 1.82. The van der Waals surface area contributed by atoms with Crippen LogP contribution in [0.2, 0.25) is 0 Å². The standard InChI is InChI=1S/C11H12N4O/c1-15(2)7-14-11-9(5-12)8-3-4-13-6-10(8)16-11/h4,7H,3,6H2,1-2H3. The molecule has 0 radical (unpaired) electrons. The molecule has 0 N–H and O–H groups in total. The Labute approximate surface area is 93.7 Å². The minimum absolute atomic E-state index is 0.381. The van der Waals surface area contributed by atoms with Gasteiger partial charge in [0.05, 0.1) is 12.9 Å². The average molecular weight is 216 g/mol. The SMILES string of the molecule is CN(C)C=Nc1oc2c(c1C#N)CC=NC2. The summed E-state index contributed by atoms with van der Waals surface area (Å²) in [6.07, 6.45) is 4.07. The molecular formula is C11H12N4O. The molecular weight excluding hydrogens is 204 g/mol. The predicted molar refractivity (Wildman–Crippen MR) is 61.2 cm³/mol. The van der Waals surface area contributed by atoms with Crippen molar-refractivity contribution in [3.8, 4) is 6.07 Å². The Morgan fingerprint density at radius 3 is 3.12 bits per heavy atom. The van der Waals surface area contributed by atoms with Gasteiger partial charge < -0.3 is 9.32 Å². The predicted octanol–water partition coefficient (Wildman–Crippen LogP) is 1.50. The smallest absolute Gasteiger partial charge is 0.238 e. The number of furan rings is 1. The van der Waals surface area contributed by atoms with Crippen LogP contribution in [0.3, 0.4) is 0 Å². The van der Waals surface area contributed by atoms with Crippen LogP contribution in [0.4, 0.5) is 5.88 Å². The van der Waals surface area contributed by atoms with Crippen molar-refractivity contribution in [2.75, 3.05) is 14.1 Å². The van der Waals surface area contributed by atoms with Crippen molar-refractivity contribution >= 4 is 18.4 Å². The van der Waals surface area contributed by atoms with Crippen LogP contribution in [0.5, 0.6) is 0 Å². The summed E-state index contributed by atoms with van der Waals surface area (Å²) in [6, 6.07) is 2.14. The lowest BCUT2D eigenvalue weighted by atomic mass is 10.1. The second-order valence-electron chi connectivity index (χ2n) is 3.73. The number of aliphatic imine (C=N–C) groups is 2. The van der Waals surface area contributed by atoms with Crippen LogP contribution in [0.25, 0.3) is 0 Å². The van der Waals surface area contributed by atoms with E-state index in [-0.39, 0.29) is 0 Å². The molecule has 0 unspecified atom stereocenters. The van der Waals surface area contributed by atoms with Crippen LogP contribution >= 0.6 is 0 Å². The van der Waals surface area contributed by atoms with E-state index in [9.17, 15) is 0 Å². The first-order valence-corrected chi connectivity index (χ1v) is 4.96. The third-order valence-corrected chi connectivity index (χ3v) is 2.25. The number of hydrogen-bond donors (Lipinski definition) is 0. The van der Waals surface area contributed by atoms with E-state index in [1.54, 1.807) is 17.5 Å². The lowest BCUT2D eigenvalue weighted by molar-refractivity contribution is 0.515. The molecule has 0 bridgehead atoms. The molecule has 1 aliphatic heterocycles. The second-order valence-corrected chi connectivity index (χ2v) is 3.73. The Bertz CT molecular complexity index is 491.